The largest absolute Gasteiger partial charge is 0.454 e. The van der Waals surface area contributed by atoms with Gasteiger partial charge in [-0.25, -0.2) is 0 Å². The molecular formula is C22H30NO2Si2. The Bertz CT molecular complexity index is 906. The van der Waals surface area contributed by atoms with Gasteiger partial charge in [-0.15, -0.1) is 0 Å². The fourth-order valence-electron chi connectivity index (χ4n) is 8.42. The van der Waals surface area contributed by atoms with Crippen LogP contribution in [-0.2, 0) is 20.4 Å². The number of carbonyl (C=O) groups is 1. The van der Waals surface area contributed by atoms with Crippen LogP contribution in [0.15, 0.2) is 23.8 Å². The quantitative estimate of drug-likeness (QED) is 0.671. The molecule has 27 heavy (non-hydrogen) atoms. The lowest BCUT2D eigenvalue weighted by molar-refractivity contribution is -0.124. The first-order valence-corrected chi connectivity index (χ1v) is 16.2. The molecule has 3 fully saturated rings. The minimum Gasteiger partial charge on any atom is -0.454 e. The van der Waals surface area contributed by atoms with Crippen LogP contribution in [0.5, 0.6) is 0 Å². The van der Waals surface area contributed by atoms with Crippen LogP contribution in [0.3, 0.4) is 0 Å². The summed E-state index contributed by atoms with van der Waals surface area (Å²) in [6, 6.07) is 6.73. The van der Waals surface area contributed by atoms with Crippen molar-refractivity contribution in [3.05, 3.63) is 40.5 Å². The van der Waals surface area contributed by atoms with Gasteiger partial charge in [-0.2, -0.15) is 0 Å². The van der Waals surface area contributed by atoms with Crippen molar-refractivity contribution in [2.75, 3.05) is 0 Å². The predicted octanol–water partition coefficient (Wildman–Crippen LogP) is 4.84. The molecular weight excluding hydrogens is 366 g/mol. The van der Waals surface area contributed by atoms with E-state index in [4.69, 9.17) is 9.85 Å². The van der Waals surface area contributed by atoms with Gasteiger partial charge in [-0.3, -0.25) is 10.5 Å². The Morgan fingerprint density at radius 2 is 1.85 bits per heavy atom. The van der Waals surface area contributed by atoms with Gasteiger partial charge < -0.3 is 4.12 Å². The molecule has 5 heteroatoms. The van der Waals surface area contributed by atoms with Crippen LogP contribution in [0, 0.1) is 11.8 Å². The van der Waals surface area contributed by atoms with Crippen molar-refractivity contribution < 1.29 is 8.91 Å². The lowest BCUT2D eigenvalue weighted by Gasteiger charge is -2.53. The maximum atomic E-state index is 13.3. The molecule has 1 aromatic rings. The molecule has 2 saturated carbocycles. The van der Waals surface area contributed by atoms with Gasteiger partial charge in [-0.05, 0) is 87.3 Å². The number of fused-ring (bicyclic) bond motifs is 6. The number of hydrogen-bond acceptors (Lipinski definition) is 2. The van der Waals surface area contributed by atoms with Crippen molar-refractivity contribution in [2.45, 2.75) is 68.9 Å². The summed E-state index contributed by atoms with van der Waals surface area (Å²) < 4.78 is 7.01. The van der Waals surface area contributed by atoms with Crippen LogP contribution in [0.25, 0.3) is 6.08 Å². The van der Waals surface area contributed by atoms with Crippen molar-refractivity contribution in [3.63, 3.8) is 0 Å². The Morgan fingerprint density at radius 3 is 2.56 bits per heavy atom. The zero-order chi connectivity index (χ0) is 19.4. The molecule has 0 spiro atoms. The Kier molecular flexibility index (Phi) is 3.35. The molecule has 1 radical (unpaired) electrons. The van der Waals surface area contributed by atoms with E-state index in [1.807, 2.05) is 0 Å². The molecule has 143 valence electrons. The molecule has 1 N–H and O–H groups in total. The second kappa shape index (κ2) is 5.05. The van der Waals surface area contributed by atoms with Crippen LogP contribution in [-0.4, -0.2) is 22.5 Å². The van der Waals surface area contributed by atoms with E-state index >= 15 is 0 Å². The van der Waals surface area contributed by atoms with E-state index in [2.05, 4.69) is 57.4 Å². The summed E-state index contributed by atoms with van der Waals surface area (Å²) in [6.45, 7) is 11.4. The average Bonchev–Trinajstić information content (AvgIpc) is 3.25. The van der Waals surface area contributed by atoms with E-state index < -0.39 is 21.7 Å². The number of amides is 1. The summed E-state index contributed by atoms with van der Waals surface area (Å²) in [4.78, 5) is 13.3. The Balaban J connectivity index is 1.92. The van der Waals surface area contributed by atoms with E-state index in [0.717, 1.165) is 19.3 Å². The molecule has 1 saturated heterocycles. The summed E-state index contributed by atoms with van der Waals surface area (Å²) in [5.74, 6) is 0.514. The van der Waals surface area contributed by atoms with Crippen LogP contribution in [0.1, 0.15) is 42.9 Å². The van der Waals surface area contributed by atoms with Gasteiger partial charge in [0, 0.05) is 5.04 Å². The number of rotatable bonds is 2. The van der Waals surface area contributed by atoms with Crippen molar-refractivity contribution in [1.82, 2.24) is 5.73 Å². The van der Waals surface area contributed by atoms with Crippen LogP contribution >= 0.6 is 0 Å². The van der Waals surface area contributed by atoms with Crippen molar-refractivity contribution >= 4 is 28.6 Å². The first-order chi connectivity index (χ1) is 12.6. The van der Waals surface area contributed by atoms with Crippen molar-refractivity contribution in [1.29, 1.82) is 0 Å². The van der Waals surface area contributed by atoms with Crippen LogP contribution in [0.2, 0.25) is 31.2 Å². The summed E-state index contributed by atoms with van der Waals surface area (Å²) in [7, 11) is -4.63. The van der Waals surface area contributed by atoms with Crippen molar-refractivity contribution in [3.8, 4) is 0 Å². The van der Waals surface area contributed by atoms with Gasteiger partial charge in [0.1, 0.15) is 0 Å². The summed E-state index contributed by atoms with van der Waals surface area (Å²) in [5, 5.41) is -0.804. The topological polar surface area (TPSA) is 50.1 Å². The number of hydrogen-bond donors (Lipinski definition) is 0. The maximum Gasteiger partial charge on any atom is 0.245 e. The standard InChI is InChI=1S/C22H30NO2Si2/c1-14-11-15-7-6-8-19(18(15)12-14)21-16-9-10-17(13-16)22(21,20(23)24)27(4,5)25-26(21,2)3/h6-8,12,16-17,23H,9-11,13H2,1-5H3. The first-order valence-electron chi connectivity index (χ1n) is 10.4. The maximum absolute atomic E-state index is 13.3. The first kappa shape index (κ1) is 17.9. The van der Waals surface area contributed by atoms with Gasteiger partial charge in [0.25, 0.3) is 0 Å². The lowest BCUT2D eigenvalue weighted by Crippen LogP contribution is -2.62. The SMILES string of the molecule is CC1=Cc2c(cccc2C23C4CCC(C4)C2(C([NH])=O)[Si](C)(C)O[Si]3(C)C)C1. The Hall–Kier alpha value is -1.18. The normalized spacial score (nSPS) is 40.0. The zero-order valence-electron chi connectivity index (χ0n) is 17.1. The third-order valence-electron chi connectivity index (χ3n) is 8.53. The minimum absolute atomic E-state index is 0.232. The predicted molar refractivity (Wildman–Crippen MR) is 113 cm³/mol. The highest BCUT2D eigenvalue weighted by atomic mass is 28.4. The van der Waals surface area contributed by atoms with Gasteiger partial charge in [0.15, 0.2) is 16.6 Å². The molecule has 1 heterocycles. The van der Waals surface area contributed by atoms with Gasteiger partial charge in [0.2, 0.25) is 5.91 Å². The number of benzene rings is 1. The monoisotopic (exact) mass is 396 g/mol. The molecule has 1 aromatic carbocycles. The molecule has 3 nitrogen and oxygen atoms in total. The van der Waals surface area contributed by atoms with Gasteiger partial charge in [-0.1, -0.05) is 29.8 Å². The molecule has 2 bridgehead atoms. The summed E-state index contributed by atoms with van der Waals surface area (Å²) in [5.41, 5.74) is 14.1. The van der Waals surface area contributed by atoms with E-state index in [1.165, 1.54) is 28.7 Å². The van der Waals surface area contributed by atoms with Crippen molar-refractivity contribution in [2.24, 2.45) is 11.8 Å². The number of nitrogens with one attached hydrogen (secondary N) is 1. The molecule has 4 atom stereocenters. The smallest absolute Gasteiger partial charge is 0.245 e. The van der Waals surface area contributed by atoms with E-state index in [0.29, 0.717) is 11.8 Å². The fraction of sp³-hybridized carbons (Fsp3) is 0.591. The van der Waals surface area contributed by atoms with E-state index in [9.17, 15) is 4.79 Å². The molecule has 1 amide bonds. The second-order valence-corrected chi connectivity index (χ2v) is 18.8. The van der Waals surface area contributed by atoms with E-state index in [1.54, 1.807) is 0 Å². The highest BCUT2D eigenvalue weighted by molar-refractivity contribution is 6.96. The minimum atomic E-state index is -2.37. The summed E-state index contributed by atoms with van der Waals surface area (Å²) in [6.07, 6.45) is 6.77. The highest BCUT2D eigenvalue weighted by Gasteiger charge is 2.86. The fourth-order valence-corrected chi connectivity index (χ4v) is 23.1. The summed E-state index contributed by atoms with van der Waals surface area (Å²) >= 11 is 0. The lowest BCUT2D eigenvalue weighted by atomic mass is 9.71. The molecule has 4 aliphatic rings. The highest BCUT2D eigenvalue weighted by Crippen LogP contribution is 2.81. The van der Waals surface area contributed by atoms with E-state index in [-0.39, 0.29) is 10.9 Å². The number of carbonyl (C=O) groups excluding carboxylic acids is 1. The van der Waals surface area contributed by atoms with Gasteiger partial charge >= 0.3 is 0 Å². The third kappa shape index (κ3) is 1.72. The molecule has 3 aliphatic carbocycles. The van der Waals surface area contributed by atoms with Gasteiger partial charge in [0.05, 0.1) is 5.04 Å². The number of allylic oxidation sites excluding steroid dienone is 1. The molecule has 1 aliphatic heterocycles. The molecule has 0 aromatic heterocycles. The zero-order valence-corrected chi connectivity index (χ0v) is 19.1. The van der Waals surface area contributed by atoms with Crippen LogP contribution < -0.4 is 5.73 Å². The Morgan fingerprint density at radius 1 is 1.15 bits per heavy atom. The van der Waals surface area contributed by atoms with Crippen LogP contribution in [0.4, 0.5) is 0 Å². The molecule has 5 rings (SSSR count). The third-order valence-corrected chi connectivity index (χ3v) is 18.8. The second-order valence-electron chi connectivity index (χ2n) is 10.3. The Labute approximate surface area is 164 Å². The average molecular weight is 397 g/mol. The molecule has 4 unspecified atom stereocenters.